The van der Waals surface area contributed by atoms with E-state index in [1.807, 2.05) is 18.5 Å². The van der Waals surface area contributed by atoms with Crippen molar-refractivity contribution in [3.05, 3.63) is 41.7 Å². The number of hydrogen-bond donors (Lipinski definition) is 1. The van der Waals surface area contributed by atoms with Crippen LogP contribution in [0.15, 0.2) is 36.2 Å². The first-order chi connectivity index (χ1) is 9.83. The third-order valence-electron chi connectivity index (χ3n) is 3.49. The van der Waals surface area contributed by atoms with E-state index < -0.39 is 0 Å². The predicted molar refractivity (Wildman–Crippen MR) is 87.9 cm³/mol. The van der Waals surface area contributed by atoms with Gasteiger partial charge in [-0.25, -0.2) is 0 Å². The summed E-state index contributed by atoms with van der Waals surface area (Å²) in [5.41, 5.74) is 2.90. The molecule has 112 valence electrons. The molecule has 2 heteroatoms. The van der Waals surface area contributed by atoms with E-state index in [0.29, 0.717) is 0 Å². The molecule has 0 saturated carbocycles. The number of hydrogen-bond acceptors (Lipinski definition) is 2. The summed E-state index contributed by atoms with van der Waals surface area (Å²) in [4.78, 5) is 4.14. The summed E-state index contributed by atoms with van der Waals surface area (Å²) in [7, 11) is 0. The second-order valence-corrected chi connectivity index (χ2v) is 5.51. The van der Waals surface area contributed by atoms with Gasteiger partial charge in [-0.15, -0.1) is 0 Å². The topological polar surface area (TPSA) is 24.9 Å². The monoisotopic (exact) mass is 274 g/mol. The van der Waals surface area contributed by atoms with Crippen molar-refractivity contribution in [1.29, 1.82) is 0 Å². The lowest BCUT2D eigenvalue weighted by molar-refractivity contribution is 0.605. The molecule has 20 heavy (non-hydrogen) atoms. The standard InChI is InChI=1S/C18H30N2/c1-3-9-17(2)10-4-6-13-19-14-7-5-11-18-12-8-15-20-16-18/h8,10,12,15-16,19H,3-7,9,11,13-14H2,1-2H3/b17-10+. The molecule has 0 aliphatic rings. The smallest absolute Gasteiger partial charge is 0.0299 e. The van der Waals surface area contributed by atoms with Crippen LogP contribution in [0.4, 0.5) is 0 Å². The van der Waals surface area contributed by atoms with E-state index in [-0.39, 0.29) is 0 Å². The van der Waals surface area contributed by atoms with E-state index in [4.69, 9.17) is 0 Å². The van der Waals surface area contributed by atoms with Crippen LogP contribution in [0.5, 0.6) is 0 Å². The van der Waals surface area contributed by atoms with Crippen molar-refractivity contribution in [3.8, 4) is 0 Å². The average molecular weight is 274 g/mol. The molecule has 0 fully saturated rings. The van der Waals surface area contributed by atoms with Crippen LogP contribution in [0.3, 0.4) is 0 Å². The molecule has 2 nitrogen and oxygen atoms in total. The van der Waals surface area contributed by atoms with Gasteiger partial charge in [0.05, 0.1) is 0 Å². The Hall–Kier alpha value is -1.15. The van der Waals surface area contributed by atoms with Gasteiger partial charge >= 0.3 is 0 Å². The van der Waals surface area contributed by atoms with Gasteiger partial charge in [-0.2, -0.15) is 0 Å². The zero-order valence-electron chi connectivity index (χ0n) is 13.2. The maximum absolute atomic E-state index is 4.14. The van der Waals surface area contributed by atoms with E-state index in [0.717, 1.165) is 19.5 Å². The van der Waals surface area contributed by atoms with Crippen molar-refractivity contribution in [3.63, 3.8) is 0 Å². The molecule has 0 unspecified atom stereocenters. The minimum Gasteiger partial charge on any atom is -0.317 e. The fourth-order valence-corrected chi connectivity index (χ4v) is 2.32. The molecule has 0 spiro atoms. The van der Waals surface area contributed by atoms with Gasteiger partial charge in [-0.05, 0) is 70.2 Å². The fraction of sp³-hybridized carbons (Fsp3) is 0.611. The Morgan fingerprint density at radius 2 is 2.10 bits per heavy atom. The highest BCUT2D eigenvalue weighted by atomic mass is 14.8. The van der Waals surface area contributed by atoms with Crippen LogP contribution in [0, 0.1) is 0 Å². The van der Waals surface area contributed by atoms with Crippen LogP contribution in [0.25, 0.3) is 0 Å². The number of unbranched alkanes of at least 4 members (excludes halogenated alkanes) is 2. The van der Waals surface area contributed by atoms with Gasteiger partial charge in [-0.1, -0.05) is 31.1 Å². The van der Waals surface area contributed by atoms with Crippen LogP contribution in [-0.2, 0) is 6.42 Å². The van der Waals surface area contributed by atoms with Crippen molar-refractivity contribution in [1.82, 2.24) is 10.3 Å². The predicted octanol–water partition coefficient (Wildman–Crippen LogP) is 4.52. The van der Waals surface area contributed by atoms with Crippen molar-refractivity contribution >= 4 is 0 Å². The molecule has 0 aliphatic carbocycles. The molecule has 1 aromatic heterocycles. The minimum absolute atomic E-state index is 1.14. The van der Waals surface area contributed by atoms with Gasteiger partial charge in [0.15, 0.2) is 0 Å². The summed E-state index contributed by atoms with van der Waals surface area (Å²) >= 11 is 0. The number of aromatic nitrogens is 1. The number of pyridine rings is 1. The van der Waals surface area contributed by atoms with E-state index >= 15 is 0 Å². The number of nitrogens with zero attached hydrogens (tertiary/aromatic N) is 1. The lowest BCUT2D eigenvalue weighted by atomic mass is 10.1. The quantitative estimate of drug-likeness (QED) is 0.474. The summed E-state index contributed by atoms with van der Waals surface area (Å²) < 4.78 is 0. The maximum Gasteiger partial charge on any atom is 0.0299 e. The summed E-state index contributed by atoms with van der Waals surface area (Å²) in [5, 5.41) is 3.53. The highest BCUT2D eigenvalue weighted by Crippen LogP contribution is 2.05. The van der Waals surface area contributed by atoms with Crippen LogP contribution >= 0.6 is 0 Å². The first-order valence-electron chi connectivity index (χ1n) is 8.08. The van der Waals surface area contributed by atoms with E-state index in [9.17, 15) is 0 Å². The highest BCUT2D eigenvalue weighted by Gasteiger charge is 1.93. The highest BCUT2D eigenvalue weighted by molar-refractivity contribution is 5.08. The third kappa shape index (κ3) is 8.87. The third-order valence-corrected chi connectivity index (χ3v) is 3.49. The average Bonchev–Trinajstić information content (AvgIpc) is 2.47. The van der Waals surface area contributed by atoms with Crippen LogP contribution in [0.2, 0.25) is 0 Å². The molecule has 0 aromatic carbocycles. The number of aryl methyl sites for hydroxylation is 1. The van der Waals surface area contributed by atoms with Gasteiger partial charge in [0.25, 0.3) is 0 Å². The van der Waals surface area contributed by atoms with Gasteiger partial charge in [0.2, 0.25) is 0 Å². The van der Waals surface area contributed by atoms with Crippen LogP contribution < -0.4 is 5.32 Å². The van der Waals surface area contributed by atoms with E-state index in [2.05, 4.69) is 36.3 Å². The lowest BCUT2D eigenvalue weighted by Gasteiger charge is -2.04. The Morgan fingerprint density at radius 3 is 2.85 bits per heavy atom. The zero-order valence-corrected chi connectivity index (χ0v) is 13.2. The Bertz CT molecular complexity index is 357. The molecule has 1 heterocycles. The van der Waals surface area contributed by atoms with Crippen molar-refractivity contribution in [2.75, 3.05) is 13.1 Å². The fourth-order valence-electron chi connectivity index (χ4n) is 2.32. The largest absolute Gasteiger partial charge is 0.317 e. The molecule has 0 amide bonds. The van der Waals surface area contributed by atoms with Crippen molar-refractivity contribution < 1.29 is 0 Å². The zero-order chi connectivity index (χ0) is 14.5. The molecular weight excluding hydrogens is 244 g/mol. The second-order valence-electron chi connectivity index (χ2n) is 5.51. The van der Waals surface area contributed by atoms with Crippen LogP contribution in [-0.4, -0.2) is 18.1 Å². The molecule has 0 atom stereocenters. The second kappa shape index (κ2) is 11.7. The van der Waals surface area contributed by atoms with E-state index in [1.165, 1.54) is 44.1 Å². The first kappa shape index (κ1) is 16.9. The molecule has 1 rings (SSSR count). The van der Waals surface area contributed by atoms with Gasteiger partial charge in [-0.3, -0.25) is 4.98 Å². The number of rotatable bonds is 11. The Balaban J connectivity index is 1.89. The van der Waals surface area contributed by atoms with Crippen LogP contribution in [0.1, 0.15) is 57.9 Å². The lowest BCUT2D eigenvalue weighted by Crippen LogP contribution is -2.16. The number of allylic oxidation sites excluding steroid dienone is 2. The SMILES string of the molecule is CCC/C(C)=C/CCCNCCCCc1cccnc1. The molecule has 0 radical (unpaired) electrons. The van der Waals surface area contributed by atoms with Crippen molar-refractivity contribution in [2.45, 2.75) is 58.8 Å². The molecule has 0 bridgehead atoms. The van der Waals surface area contributed by atoms with Crippen molar-refractivity contribution in [2.24, 2.45) is 0 Å². The normalized spacial score (nSPS) is 11.8. The van der Waals surface area contributed by atoms with Gasteiger partial charge in [0, 0.05) is 12.4 Å². The Morgan fingerprint density at radius 1 is 1.25 bits per heavy atom. The summed E-state index contributed by atoms with van der Waals surface area (Å²) in [5.74, 6) is 0. The number of nitrogens with one attached hydrogen (secondary N) is 1. The molecular formula is C18H30N2. The summed E-state index contributed by atoms with van der Waals surface area (Å²) in [6, 6.07) is 4.17. The maximum atomic E-state index is 4.14. The summed E-state index contributed by atoms with van der Waals surface area (Å²) in [6.45, 7) is 6.76. The first-order valence-corrected chi connectivity index (χ1v) is 8.08. The molecule has 1 aromatic rings. The van der Waals surface area contributed by atoms with Gasteiger partial charge in [0.1, 0.15) is 0 Å². The molecule has 1 N–H and O–H groups in total. The minimum atomic E-state index is 1.14. The molecule has 0 saturated heterocycles. The Labute approximate surface area is 124 Å². The summed E-state index contributed by atoms with van der Waals surface area (Å²) in [6.07, 6.45) is 14.8. The molecule has 0 aliphatic heterocycles. The van der Waals surface area contributed by atoms with Gasteiger partial charge < -0.3 is 5.32 Å². The Kier molecular flexibility index (Phi) is 9.85. The van der Waals surface area contributed by atoms with E-state index in [1.54, 1.807) is 5.57 Å².